The van der Waals surface area contributed by atoms with E-state index in [0.29, 0.717) is 6.54 Å². The van der Waals surface area contributed by atoms with Crippen LogP contribution in [0.1, 0.15) is 25.0 Å². The lowest BCUT2D eigenvalue weighted by molar-refractivity contribution is -0.803. The SMILES string of the molecule is CCN(CC)CC(=O)Nc1c(C)cccc1C.O=[N+]([O-])OCC(CO[N+](=O)[O-])O[N+](=O)[O-]. The van der Waals surface area contributed by atoms with Gasteiger partial charge in [0.1, 0.15) is 13.2 Å². The van der Waals surface area contributed by atoms with Crippen molar-refractivity contribution in [1.82, 2.24) is 4.90 Å². The van der Waals surface area contributed by atoms with Crippen LogP contribution in [-0.2, 0) is 19.3 Å². The summed E-state index contributed by atoms with van der Waals surface area (Å²) < 4.78 is 0. The number of hydrogen-bond acceptors (Lipinski definition) is 11. The summed E-state index contributed by atoms with van der Waals surface area (Å²) in [5.74, 6) is 0.0612. The Labute approximate surface area is 183 Å². The molecule has 1 N–H and O–H groups in total. The highest BCUT2D eigenvalue weighted by Gasteiger charge is 2.17. The molecule has 1 rings (SSSR count). The van der Waals surface area contributed by atoms with Gasteiger partial charge in [0.15, 0.2) is 6.10 Å². The molecule has 0 spiro atoms. The van der Waals surface area contributed by atoms with Crippen LogP contribution in [0.4, 0.5) is 5.69 Å². The Morgan fingerprint density at radius 1 is 0.969 bits per heavy atom. The summed E-state index contributed by atoms with van der Waals surface area (Å²) in [6, 6.07) is 6.03. The maximum Gasteiger partial charge on any atom is 0.294 e. The molecule has 1 aromatic rings. The number of para-hydroxylation sites is 1. The standard InChI is InChI=1S/C14H22N2O.C3H5N3O9/c1-5-16(6-2)10-13(17)15-14-11(3)8-7-9-12(14)4;7-4(8)13-1-3(15-6(11)12)2-14-5(9)10/h7-9H,5-6,10H2,1-4H3,(H,15,17);3H,1-2H2. The molecule has 15 nitrogen and oxygen atoms in total. The van der Waals surface area contributed by atoms with Crippen LogP contribution in [0.25, 0.3) is 0 Å². The number of likely N-dealkylation sites (N-methyl/N-ethyl adjacent to an activating group) is 1. The maximum absolute atomic E-state index is 11.9. The fraction of sp³-hybridized carbons (Fsp3) is 0.588. The minimum absolute atomic E-state index is 0.0612. The fourth-order valence-electron chi connectivity index (χ4n) is 2.36. The van der Waals surface area contributed by atoms with Crippen LogP contribution in [-0.4, -0.2) is 65.0 Å². The van der Waals surface area contributed by atoms with Gasteiger partial charge in [-0.1, -0.05) is 32.0 Å². The molecule has 0 radical (unpaired) electrons. The van der Waals surface area contributed by atoms with Crippen molar-refractivity contribution in [3.05, 3.63) is 59.7 Å². The third kappa shape index (κ3) is 12.7. The minimum atomic E-state index is -1.55. The molecule has 0 aromatic heterocycles. The number of amides is 1. The molecule has 0 fully saturated rings. The molecule has 0 aliphatic rings. The topological polar surface area (TPSA) is 189 Å². The molecule has 32 heavy (non-hydrogen) atoms. The van der Waals surface area contributed by atoms with E-state index in [9.17, 15) is 35.1 Å². The van der Waals surface area contributed by atoms with Crippen LogP contribution in [0.5, 0.6) is 0 Å². The van der Waals surface area contributed by atoms with Crippen molar-refractivity contribution in [3.8, 4) is 0 Å². The Morgan fingerprint density at radius 2 is 1.44 bits per heavy atom. The second-order valence-corrected chi connectivity index (χ2v) is 6.27. The van der Waals surface area contributed by atoms with E-state index in [4.69, 9.17) is 0 Å². The van der Waals surface area contributed by atoms with Gasteiger partial charge in [-0.25, -0.2) is 0 Å². The second-order valence-electron chi connectivity index (χ2n) is 6.27. The Balaban J connectivity index is 0.000000607. The van der Waals surface area contributed by atoms with Crippen molar-refractivity contribution < 1.29 is 34.6 Å². The number of aryl methyl sites for hydroxylation is 2. The average molecular weight is 461 g/mol. The molecular weight excluding hydrogens is 434 g/mol. The zero-order valence-corrected chi connectivity index (χ0v) is 18.2. The number of nitrogens with one attached hydrogen (secondary N) is 1. The molecule has 180 valence electrons. The van der Waals surface area contributed by atoms with E-state index in [0.717, 1.165) is 29.9 Å². The summed E-state index contributed by atoms with van der Waals surface area (Å²) in [7, 11) is 0. The summed E-state index contributed by atoms with van der Waals surface area (Å²) in [5, 5.41) is 28.5. The van der Waals surface area contributed by atoms with Crippen LogP contribution >= 0.6 is 0 Å². The van der Waals surface area contributed by atoms with Gasteiger partial charge in [0.25, 0.3) is 15.3 Å². The summed E-state index contributed by atoms with van der Waals surface area (Å²) >= 11 is 0. The van der Waals surface area contributed by atoms with E-state index < -0.39 is 34.6 Å². The maximum atomic E-state index is 11.9. The highest BCUT2D eigenvalue weighted by molar-refractivity contribution is 5.93. The van der Waals surface area contributed by atoms with Crippen molar-refractivity contribution in [2.24, 2.45) is 0 Å². The molecule has 0 saturated carbocycles. The highest BCUT2D eigenvalue weighted by Crippen LogP contribution is 2.19. The van der Waals surface area contributed by atoms with Crippen LogP contribution in [0.2, 0.25) is 0 Å². The lowest BCUT2D eigenvalue weighted by Gasteiger charge is -2.18. The number of rotatable bonds is 13. The minimum Gasteiger partial charge on any atom is -0.324 e. The number of anilines is 1. The first-order valence-electron chi connectivity index (χ1n) is 9.44. The molecule has 0 heterocycles. The fourth-order valence-corrected chi connectivity index (χ4v) is 2.36. The van der Waals surface area contributed by atoms with Crippen LogP contribution in [0, 0.1) is 44.2 Å². The molecule has 1 amide bonds. The van der Waals surface area contributed by atoms with Crippen molar-refractivity contribution in [2.75, 3.05) is 38.2 Å². The molecule has 0 aliphatic heterocycles. The lowest BCUT2D eigenvalue weighted by Crippen LogP contribution is -2.33. The molecule has 1 aromatic carbocycles. The van der Waals surface area contributed by atoms with Gasteiger partial charge in [-0.3, -0.25) is 9.69 Å². The Kier molecular flexibility index (Phi) is 13.3. The van der Waals surface area contributed by atoms with E-state index in [1.54, 1.807) is 0 Å². The van der Waals surface area contributed by atoms with Gasteiger partial charge in [-0.2, -0.15) is 0 Å². The first-order chi connectivity index (χ1) is 15.0. The van der Waals surface area contributed by atoms with Crippen LogP contribution < -0.4 is 5.32 Å². The normalized spacial score (nSPS) is 10.1. The molecule has 0 atom stereocenters. The first-order valence-corrected chi connectivity index (χ1v) is 9.44. The smallest absolute Gasteiger partial charge is 0.294 e. The number of benzene rings is 1. The number of carbonyl (C=O) groups is 1. The molecular formula is C17H27N5O10. The second kappa shape index (κ2) is 15.1. The summed E-state index contributed by atoms with van der Waals surface area (Å²) in [4.78, 5) is 54.5. The summed E-state index contributed by atoms with van der Waals surface area (Å²) in [6.45, 7) is 8.73. The number of carbonyl (C=O) groups excluding carboxylic acids is 1. The van der Waals surface area contributed by atoms with Crippen LogP contribution in [0.3, 0.4) is 0 Å². The Hall–Kier alpha value is -3.75. The zero-order chi connectivity index (χ0) is 24.7. The van der Waals surface area contributed by atoms with E-state index in [2.05, 4.69) is 38.6 Å². The third-order valence-corrected chi connectivity index (χ3v) is 3.97. The number of nitrogens with zero attached hydrogens (tertiary/aromatic N) is 4. The molecule has 0 saturated heterocycles. The average Bonchev–Trinajstić information content (AvgIpc) is 2.71. The van der Waals surface area contributed by atoms with Crippen molar-refractivity contribution in [3.63, 3.8) is 0 Å². The van der Waals surface area contributed by atoms with E-state index in [1.807, 2.05) is 32.0 Å². The van der Waals surface area contributed by atoms with E-state index in [1.165, 1.54) is 0 Å². The van der Waals surface area contributed by atoms with Gasteiger partial charge in [0.2, 0.25) is 5.91 Å². The van der Waals surface area contributed by atoms with Crippen molar-refractivity contribution in [1.29, 1.82) is 0 Å². The summed E-state index contributed by atoms with van der Waals surface area (Å²) in [6.07, 6.45) is -1.55. The van der Waals surface area contributed by atoms with Gasteiger partial charge in [0, 0.05) is 5.69 Å². The predicted octanol–water partition coefficient (Wildman–Crippen LogP) is 1.56. The summed E-state index contributed by atoms with van der Waals surface area (Å²) in [5.41, 5.74) is 3.17. The Morgan fingerprint density at radius 3 is 1.81 bits per heavy atom. The van der Waals surface area contributed by atoms with Crippen LogP contribution in [0.15, 0.2) is 18.2 Å². The Bertz CT molecular complexity index is 734. The zero-order valence-electron chi connectivity index (χ0n) is 18.2. The van der Waals surface area contributed by atoms with E-state index in [-0.39, 0.29) is 5.91 Å². The van der Waals surface area contributed by atoms with Gasteiger partial charge in [-0.15, -0.1) is 30.3 Å². The largest absolute Gasteiger partial charge is 0.324 e. The predicted molar refractivity (Wildman–Crippen MR) is 110 cm³/mol. The van der Waals surface area contributed by atoms with E-state index >= 15 is 0 Å². The van der Waals surface area contributed by atoms with Gasteiger partial charge in [-0.05, 0) is 38.1 Å². The number of hydrogen-bond donors (Lipinski definition) is 1. The monoisotopic (exact) mass is 461 g/mol. The molecule has 0 bridgehead atoms. The highest BCUT2D eigenvalue weighted by atomic mass is 17.0. The van der Waals surface area contributed by atoms with Gasteiger partial charge >= 0.3 is 0 Å². The molecule has 15 heteroatoms. The van der Waals surface area contributed by atoms with Gasteiger partial charge < -0.3 is 19.8 Å². The molecule has 0 aliphatic carbocycles. The third-order valence-electron chi connectivity index (χ3n) is 3.97. The van der Waals surface area contributed by atoms with Crippen molar-refractivity contribution >= 4 is 11.6 Å². The quantitative estimate of drug-likeness (QED) is 0.331. The lowest BCUT2D eigenvalue weighted by atomic mass is 10.1. The van der Waals surface area contributed by atoms with Gasteiger partial charge in [0.05, 0.1) is 6.54 Å². The van der Waals surface area contributed by atoms with Crippen molar-refractivity contribution in [2.45, 2.75) is 33.8 Å². The molecule has 0 unspecified atom stereocenters. The first kappa shape index (κ1) is 28.2.